The van der Waals surface area contributed by atoms with Gasteiger partial charge in [-0.3, -0.25) is 9.59 Å². The van der Waals surface area contributed by atoms with Crippen LogP contribution in [0, 0.1) is 10.8 Å². The van der Waals surface area contributed by atoms with Crippen LogP contribution >= 0.6 is 0 Å². The zero-order valence-electron chi connectivity index (χ0n) is 15.3. The summed E-state index contributed by atoms with van der Waals surface area (Å²) < 4.78 is 5.68. The highest BCUT2D eigenvalue weighted by Crippen LogP contribution is 2.63. The van der Waals surface area contributed by atoms with E-state index in [1.807, 2.05) is 69.9 Å². The fourth-order valence-electron chi connectivity index (χ4n) is 4.04. The second kappa shape index (κ2) is 5.33. The Bertz CT molecular complexity index is 663. The molecule has 0 unspecified atom stereocenters. The Morgan fingerprint density at radius 1 is 1.21 bits per heavy atom. The number of benzene rings is 1. The number of hydrogen-bond donors (Lipinski definition) is 0. The van der Waals surface area contributed by atoms with Crippen LogP contribution in [-0.2, 0) is 14.3 Å². The third-order valence-electron chi connectivity index (χ3n) is 5.82. The van der Waals surface area contributed by atoms with E-state index in [2.05, 4.69) is 0 Å². The Morgan fingerprint density at radius 2 is 1.83 bits per heavy atom. The van der Waals surface area contributed by atoms with Crippen LogP contribution in [0.2, 0.25) is 0 Å². The Balaban J connectivity index is 1.89. The SMILES string of the molecule is C[C@H](c1ccccc1)N1C[C@]2(C(=O)OC(C)(C)C)CC[C@]2(C)C1=O. The molecule has 1 saturated carbocycles. The summed E-state index contributed by atoms with van der Waals surface area (Å²) in [4.78, 5) is 27.9. The summed E-state index contributed by atoms with van der Waals surface area (Å²) in [6, 6.07) is 9.94. The van der Waals surface area contributed by atoms with Crippen molar-refractivity contribution in [2.75, 3.05) is 6.54 Å². The highest BCUT2D eigenvalue weighted by atomic mass is 16.6. The number of likely N-dealkylation sites (tertiary alicyclic amines) is 1. The van der Waals surface area contributed by atoms with Crippen molar-refractivity contribution in [1.29, 1.82) is 0 Å². The number of esters is 1. The smallest absolute Gasteiger partial charge is 0.315 e. The third-order valence-corrected chi connectivity index (χ3v) is 5.82. The van der Waals surface area contributed by atoms with Crippen molar-refractivity contribution in [3.8, 4) is 0 Å². The summed E-state index contributed by atoms with van der Waals surface area (Å²) in [5, 5.41) is 0. The third kappa shape index (κ3) is 2.35. The molecule has 24 heavy (non-hydrogen) atoms. The van der Waals surface area contributed by atoms with Crippen LogP contribution in [0.15, 0.2) is 30.3 Å². The first-order valence-corrected chi connectivity index (χ1v) is 8.70. The van der Waals surface area contributed by atoms with Crippen molar-refractivity contribution in [3.05, 3.63) is 35.9 Å². The molecule has 0 bridgehead atoms. The summed E-state index contributed by atoms with van der Waals surface area (Å²) >= 11 is 0. The van der Waals surface area contributed by atoms with Gasteiger partial charge < -0.3 is 9.64 Å². The number of nitrogens with zero attached hydrogens (tertiary/aromatic N) is 1. The number of amides is 1. The van der Waals surface area contributed by atoms with Crippen molar-refractivity contribution in [3.63, 3.8) is 0 Å². The van der Waals surface area contributed by atoms with E-state index in [9.17, 15) is 9.59 Å². The Hall–Kier alpha value is -1.84. The molecular weight excluding hydrogens is 302 g/mol. The summed E-state index contributed by atoms with van der Waals surface area (Å²) in [6.07, 6.45) is 1.48. The average Bonchev–Trinajstić information content (AvgIpc) is 2.65. The van der Waals surface area contributed by atoms with E-state index < -0.39 is 16.4 Å². The molecule has 3 atom stereocenters. The molecule has 4 heteroatoms. The molecule has 1 aliphatic carbocycles. The van der Waals surface area contributed by atoms with Crippen LogP contribution in [0.4, 0.5) is 0 Å². The topological polar surface area (TPSA) is 46.6 Å². The van der Waals surface area contributed by atoms with E-state index >= 15 is 0 Å². The average molecular weight is 329 g/mol. The van der Waals surface area contributed by atoms with Gasteiger partial charge in [0.25, 0.3) is 0 Å². The number of fused-ring (bicyclic) bond motifs is 1. The lowest BCUT2D eigenvalue weighted by molar-refractivity contribution is -0.186. The minimum absolute atomic E-state index is 0.0413. The second-order valence-corrected chi connectivity index (χ2v) is 8.44. The first-order chi connectivity index (χ1) is 11.1. The highest BCUT2D eigenvalue weighted by molar-refractivity contribution is 5.97. The predicted octanol–water partition coefficient (Wildman–Crippen LogP) is 3.72. The fraction of sp³-hybridized carbons (Fsp3) is 0.600. The second-order valence-electron chi connectivity index (χ2n) is 8.44. The quantitative estimate of drug-likeness (QED) is 0.794. The molecule has 3 rings (SSSR count). The molecule has 130 valence electrons. The molecule has 0 radical (unpaired) electrons. The van der Waals surface area contributed by atoms with Gasteiger partial charge in [-0.1, -0.05) is 30.3 Å². The molecule has 0 spiro atoms. The van der Waals surface area contributed by atoms with Gasteiger partial charge in [0.05, 0.1) is 16.9 Å². The van der Waals surface area contributed by atoms with Crippen molar-refractivity contribution in [2.24, 2.45) is 10.8 Å². The minimum atomic E-state index is -0.694. The molecule has 1 aromatic carbocycles. The molecule has 1 aromatic rings. The maximum Gasteiger partial charge on any atom is 0.315 e. The Labute approximate surface area is 144 Å². The van der Waals surface area contributed by atoms with Crippen LogP contribution in [0.25, 0.3) is 0 Å². The number of carbonyl (C=O) groups excluding carboxylic acids is 2. The highest BCUT2D eigenvalue weighted by Gasteiger charge is 2.72. The zero-order valence-corrected chi connectivity index (χ0v) is 15.3. The maximum absolute atomic E-state index is 13.1. The van der Waals surface area contributed by atoms with Crippen LogP contribution in [0.5, 0.6) is 0 Å². The monoisotopic (exact) mass is 329 g/mol. The lowest BCUT2D eigenvalue weighted by Crippen LogP contribution is -2.56. The zero-order chi connectivity index (χ0) is 17.8. The van der Waals surface area contributed by atoms with Gasteiger partial charge in [-0.25, -0.2) is 0 Å². The molecule has 2 fully saturated rings. The number of ether oxygens (including phenoxy) is 1. The molecule has 4 nitrogen and oxygen atoms in total. The van der Waals surface area contributed by atoms with Crippen molar-refractivity contribution < 1.29 is 14.3 Å². The van der Waals surface area contributed by atoms with Gasteiger partial charge >= 0.3 is 5.97 Å². The van der Waals surface area contributed by atoms with Crippen LogP contribution in [-0.4, -0.2) is 28.9 Å². The van der Waals surface area contributed by atoms with E-state index in [0.29, 0.717) is 6.54 Å². The van der Waals surface area contributed by atoms with Crippen molar-refractivity contribution >= 4 is 11.9 Å². The number of carbonyl (C=O) groups is 2. The molecule has 1 heterocycles. The number of hydrogen-bond acceptors (Lipinski definition) is 3. The Morgan fingerprint density at radius 3 is 2.33 bits per heavy atom. The fourth-order valence-corrected chi connectivity index (χ4v) is 4.04. The van der Waals surface area contributed by atoms with Gasteiger partial charge in [-0.15, -0.1) is 0 Å². The van der Waals surface area contributed by atoms with Crippen LogP contribution < -0.4 is 0 Å². The molecule has 1 amide bonds. The molecule has 1 aliphatic heterocycles. The Kier molecular flexibility index (Phi) is 3.78. The van der Waals surface area contributed by atoms with Crippen LogP contribution in [0.1, 0.15) is 59.1 Å². The van der Waals surface area contributed by atoms with Gasteiger partial charge in [0.2, 0.25) is 5.91 Å². The van der Waals surface area contributed by atoms with Gasteiger partial charge in [0.1, 0.15) is 5.60 Å². The van der Waals surface area contributed by atoms with Crippen molar-refractivity contribution in [1.82, 2.24) is 4.90 Å². The number of rotatable bonds is 3. The summed E-state index contributed by atoms with van der Waals surface area (Å²) in [5.74, 6) is -0.143. The first-order valence-electron chi connectivity index (χ1n) is 8.70. The largest absolute Gasteiger partial charge is 0.459 e. The van der Waals surface area contributed by atoms with Gasteiger partial charge in [-0.05, 0) is 53.0 Å². The van der Waals surface area contributed by atoms with E-state index in [4.69, 9.17) is 4.74 Å². The normalized spacial score (nSPS) is 30.5. The van der Waals surface area contributed by atoms with E-state index in [0.717, 1.165) is 18.4 Å². The first kappa shape index (κ1) is 17.0. The van der Waals surface area contributed by atoms with Gasteiger partial charge in [0, 0.05) is 6.54 Å². The van der Waals surface area contributed by atoms with Crippen molar-refractivity contribution in [2.45, 2.75) is 59.1 Å². The van der Waals surface area contributed by atoms with E-state index in [1.54, 1.807) is 0 Å². The predicted molar refractivity (Wildman–Crippen MR) is 92.2 cm³/mol. The standard InChI is InChI=1S/C20H27NO3/c1-14(15-9-7-6-8-10-15)21-13-20(17(23)24-18(2,3)4)12-11-19(20,5)16(21)22/h6-10,14H,11-13H2,1-5H3/t14-,19-,20+/m1/s1. The lowest BCUT2D eigenvalue weighted by atomic mass is 9.51. The molecule has 0 N–H and O–H groups in total. The van der Waals surface area contributed by atoms with Crippen LogP contribution in [0.3, 0.4) is 0 Å². The lowest BCUT2D eigenvalue weighted by Gasteiger charge is -2.49. The molecule has 1 saturated heterocycles. The minimum Gasteiger partial charge on any atom is -0.459 e. The summed E-state index contributed by atoms with van der Waals surface area (Å²) in [6.45, 7) is 10.0. The maximum atomic E-state index is 13.1. The molecular formula is C20H27NO3. The molecule has 0 aromatic heterocycles. The summed E-state index contributed by atoms with van der Waals surface area (Å²) in [5.41, 5.74) is -0.766. The van der Waals surface area contributed by atoms with Gasteiger partial charge in [-0.2, -0.15) is 0 Å². The van der Waals surface area contributed by atoms with Gasteiger partial charge in [0.15, 0.2) is 0 Å². The summed E-state index contributed by atoms with van der Waals surface area (Å²) in [7, 11) is 0. The van der Waals surface area contributed by atoms with E-state index in [1.165, 1.54) is 0 Å². The molecule has 2 aliphatic rings. The van der Waals surface area contributed by atoms with E-state index in [-0.39, 0.29) is 17.9 Å².